The number of hydrogen-bond donors (Lipinski definition) is 2. The van der Waals surface area contributed by atoms with E-state index in [1.54, 1.807) is 27.7 Å². The SMILES string of the molecule is COC(=O)CNC(=O)C(c1ccc(C)cc1C)N(C(=O)C(C)NC(=O)OC(C)(C)C)C1CC1C. The van der Waals surface area contributed by atoms with Crippen LogP contribution in [0.4, 0.5) is 4.79 Å². The molecule has 3 amide bonds. The molecule has 0 spiro atoms. The normalized spacial score (nSPS) is 18.8. The summed E-state index contributed by atoms with van der Waals surface area (Å²) in [7, 11) is 1.24. The molecule has 1 aromatic carbocycles. The minimum Gasteiger partial charge on any atom is -0.468 e. The van der Waals surface area contributed by atoms with Gasteiger partial charge in [0.1, 0.15) is 24.2 Å². The van der Waals surface area contributed by atoms with E-state index in [1.807, 2.05) is 39.0 Å². The number of hydrogen-bond acceptors (Lipinski definition) is 6. The van der Waals surface area contributed by atoms with E-state index in [0.717, 1.165) is 17.5 Å². The Hall–Kier alpha value is -3.10. The van der Waals surface area contributed by atoms with Gasteiger partial charge in [-0.05, 0) is 65.0 Å². The standard InChI is InChI=1S/C25H37N3O6/c1-14-9-10-18(15(2)11-14)21(22(30)26-13-20(29)33-8)28(19-12-16(19)3)23(31)17(4)27-24(32)34-25(5,6)7/h9-11,16-17,19,21H,12-13H2,1-8H3,(H,26,30)(H,27,32). The van der Waals surface area contributed by atoms with E-state index in [4.69, 9.17) is 4.74 Å². The third-order valence-electron chi connectivity index (χ3n) is 5.66. The lowest BCUT2D eigenvalue weighted by Gasteiger charge is -2.35. The number of esters is 1. The first-order chi connectivity index (χ1) is 15.7. The highest BCUT2D eigenvalue weighted by Crippen LogP contribution is 2.41. The molecule has 188 valence electrons. The molecule has 9 heteroatoms. The molecule has 4 atom stereocenters. The fourth-order valence-electron chi connectivity index (χ4n) is 3.82. The average Bonchev–Trinajstić information content (AvgIpc) is 3.44. The van der Waals surface area contributed by atoms with Gasteiger partial charge in [-0.15, -0.1) is 0 Å². The molecule has 1 saturated carbocycles. The number of benzene rings is 1. The third-order valence-corrected chi connectivity index (χ3v) is 5.66. The van der Waals surface area contributed by atoms with Crippen molar-refractivity contribution >= 4 is 23.9 Å². The largest absolute Gasteiger partial charge is 0.468 e. The summed E-state index contributed by atoms with van der Waals surface area (Å²) in [5.74, 6) is -1.29. The van der Waals surface area contributed by atoms with Crippen LogP contribution in [0.2, 0.25) is 0 Å². The van der Waals surface area contributed by atoms with Gasteiger partial charge in [0.15, 0.2) is 0 Å². The number of ether oxygens (including phenoxy) is 2. The predicted octanol–water partition coefficient (Wildman–Crippen LogP) is 2.78. The number of methoxy groups -OCH3 is 1. The van der Waals surface area contributed by atoms with Gasteiger partial charge >= 0.3 is 12.1 Å². The number of rotatable bonds is 8. The maximum Gasteiger partial charge on any atom is 0.408 e. The average molecular weight is 476 g/mol. The van der Waals surface area contributed by atoms with Crippen molar-refractivity contribution in [2.24, 2.45) is 5.92 Å². The van der Waals surface area contributed by atoms with Gasteiger partial charge in [0.05, 0.1) is 7.11 Å². The topological polar surface area (TPSA) is 114 Å². The molecule has 34 heavy (non-hydrogen) atoms. The summed E-state index contributed by atoms with van der Waals surface area (Å²) in [5, 5.41) is 5.18. The molecule has 0 radical (unpaired) electrons. The first-order valence-electron chi connectivity index (χ1n) is 11.5. The fourth-order valence-corrected chi connectivity index (χ4v) is 3.82. The predicted molar refractivity (Wildman–Crippen MR) is 127 cm³/mol. The van der Waals surface area contributed by atoms with Gasteiger partial charge in [-0.1, -0.05) is 30.7 Å². The van der Waals surface area contributed by atoms with Gasteiger partial charge in [-0.3, -0.25) is 14.4 Å². The quantitative estimate of drug-likeness (QED) is 0.559. The zero-order valence-electron chi connectivity index (χ0n) is 21.4. The van der Waals surface area contributed by atoms with Crippen LogP contribution in [-0.4, -0.2) is 60.1 Å². The molecule has 1 aliphatic rings. The Kier molecular flexibility index (Phi) is 8.69. The number of alkyl carbamates (subject to hydrolysis) is 1. The fraction of sp³-hybridized carbons (Fsp3) is 0.600. The van der Waals surface area contributed by atoms with Crippen LogP contribution in [-0.2, 0) is 23.9 Å². The molecule has 2 N–H and O–H groups in total. The minimum absolute atomic E-state index is 0.176. The maximum absolute atomic E-state index is 13.6. The van der Waals surface area contributed by atoms with Crippen molar-refractivity contribution in [3.8, 4) is 0 Å². The van der Waals surface area contributed by atoms with Crippen molar-refractivity contribution in [3.63, 3.8) is 0 Å². The summed E-state index contributed by atoms with van der Waals surface area (Å²) in [5.41, 5.74) is 1.81. The third kappa shape index (κ3) is 7.20. The van der Waals surface area contributed by atoms with Crippen LogP contribution in [0.15, 0.2) is 18.2 Å². The van der Waals surface area contributed by atoms with E-state index in [1.165, 1.54) is 12.0 Å². The molecule has 1 aromatic rings. The van der Waals surface area contributed by atoms with Crippen LogP contribution in [0, 0.1) is 19.8 Å². The van der Waals surface area contributed by atoms with E-state index >= 15 is 0 Å². The van der Waals surface area contributed by atoms with Crippen LogP contribution >= 0.6 is 0 Å². The second-order valence-electron chi connectivity index (χ2n) is 9.95. The molecule has 0 bridgehead atoms. The number of nitrogens with one attached hydrogen (secondary N) is 2. The zero-order valence-corrected chi connectivity index (χ0v) is 21.4. The highest BCUT2D eigenvalue weighted by Gasteiger charge is 2.47. The lowest BCUT2D eigenvalue weighted by molar-refractivity contribution is -0.145. The number of amides is 3. The highest BCUT2D eigenvalue weighted by molar-refractivity contribution is 5.93. The van der Waals surface area contributed by atoms with Crippen LogP contribution in [0.5, 0.6) is 0 Å². The summed E-state index contributed by atoms with van der Waals surface area (Å²) in [6.45, 7) is 12.3. The maximum atomic E-state index is 13.6. The first-order valence-corrected chi connectivity index (χ1v) is 11.5. The Morgan fingerprint density at radius 1 is 1.18 bits per heavy atom. The molecule has 0 heterocycles. The number of aryl methyl sites for hydroxylation is 2. The van der Waals surface area contributed by atoms with Crippen molar-refractivity contribution in [2.45, 2.75) is 78.6 Å². The van der Waals surface area contributed by atoms with Gasteiger partial charge in [-0.25, -0.2) is 4.79 Å². The molecule has 1 aliphatic carbocycles. The Bertz CT molecular complexity index is 939. The molecule has 1 fully saturated rings. The molecular formula is C25H37N3O6. The molecule has 0 saturated heterocycles. The van der Waals surface area contributed by atoms with Crippen molar-refractivity contribution in [1.82, 2.24) is 15.5 Å². The van der Waals surface area contributed by atoms with Crippen molar-refractivity contribution < 1.29 is 28.7 Å². The minimum atomic E-state index is -0.976. The van der Waals surface area contributed by atoms with Crippen molar-refractivity contribution in [2.75, 3.05) is 13.7 Å². The highest BCUT2D eigenvalue weighted by atomic mass is 16.6. The molecule has 0 aliphatic heterocycles. The Balaban J connectivity index is 2.41. The number of carbonyl (C=O) groups excluding carboxylic acids is 4. The zero-order chi connectivity index (χ0) is 25.8. The monoisotopic (exact) mass is 475 g/mol. The van der Waals surface area contributed by atoms with Crippen LogP contribution < -0.4 is 10.6 Å². The number of nitrogens with zero attached hydrogens (tertiary/aromatic N) is 1. The second kappa shape index (κ2) is 10.9. The summed E-state index contributed by atoms with van der Waals surface area (Å²) in [6, 6.07) is 3.57. The van der Waals surface area contributed by atoms with Crippen LogP contribution in [0.3, 0.4) is 0 Å². The van der Waals surface area contributed by atoms with Crippen LogP contribution in [0.1, 0.15) is 63.8 Å². The smallest absolute Gasteiger partial charge is 0.408 e. The van der Waals surface area contributed by atoms with E-state index in [2.05, 4.69) is 15.4 Å². The molecular weight excluding hydrogens is 438 g/mol. The molecule has 2 rings (SSSR count). The lowest BCUT2D eigenvalue weighted by Crippen LogP contribution is -2.53. The molecule has 9 nitrogen and oxygen atoms in total. The van der Waals surface area contributed by atoms with Gasteiger partial charge < -0.3 is 25.0 Å². The summed E-state index contributed by atoms with van der Waals surface area (Å²) in [4.78, 5) is 52.5. The summed E-state index contributed by atoms with van der Waals surface area (Å²) in [6.07, 6.45) is 0.0201. The van der Waals surface area contributed by atoms with Crippen LogP contribution in [0.25, 0.3) is 0 Å². The molecule has 0 aromatic heterocycles. The van der Waals surface area contributed by atoms with E-state index in [-0.39, 0.29) is 18.5 Å². The lowest BCUT2D eigenvalue weighted by atomic mass is 9.96. The van der Waals surface area contributed by atoms with Crippen molar-refractivity contribution in [3.05, 3.63) is 34.9 Å². The van der Waals surface area contributed by atoms with Gasteiger partial charge in [0, 0.05) is 6.04 Å². The van der Waals surface area contributed by atoms with Gasteiger partial charge in [0.2, 0.25) is 11.8 Å². The summed E-state index contributed by atoms with van der Waals surface area (Å²) < 4.78 is 9.92. The Morgan fingerprint density at radius 3 is 2.29 bits per heavy atom. The van der Waals surface area contributed by atoms with E-state index in [9.17, 15) is 19.2 Å². The van der Waals surface area contributed by atoms with E-state index < -0.39 is 41.6 Å². The first kappa shape index (κ1) is 27.1. The Labute approximate surface area is 201 Å². The van der Waals surface area contributed by atoms with Crippen molar-refractivity contribution in [1.29, 1.82) is 0 Å². The van der Waals surface area contributed by atoms with Gasteiger partial charge in [-0.2, -0.15) is 0 Å². The van der Waals surface area contributed by atoms with E-state index in [0.29, 0.717) is 5.56 Å². The molecule has 4 unspecified atom stereocenters. The Morgan fingerprint density at radius 2 is 1.79 bits per heavy atom. The summed E-state index contributed by atoms with van der Waals surface area (Å²) >= 11 is 0. The van der Waals surface area contributed by atoms with Gasteiger partial charge in [0.25, 0.3) is 0 Å². The number of carbonyl (C=O) groups is 4. The second-order valence-corrected chi connectivity index (χ2v) is 9.95.